The van der Waals surface area contributed by atoms with Gasteiger partial charge in [-0.2, -0.15) is 0 Å². The van der Waals surface area contributed by atoms with Gasteiger partial charge in [-0.15, -0.1) is 56.7 Å². The zero-order chi connectivity index (χ0) is 63.1. The number of aliphatic hydroxyl groups excluding tert-OH is 1. The lowest BCUT2D eigenvalue weighted by atomic mass is 10.2. The summed E-state index contributed by atoms with van der Waals surface area (Å²) in [4.78, 5) is 107. The predicted molar refractivity (Wildman–Crippen MR) is 321 cm³/mol. The van der Waals surface area contributed by atoms with Gasteiger partial charge in [0.15, 0.2) is 12.6 Å². The Labute approximate surface area is 505 Å². The summed E-state index contributed by atoms with van der Waals surface area (Å²) >= 11 is 6.01. The number of carbonyl (C=O) groups is 9. The van der Waals surface area contributed by atoms with Crippen LogP contribution in [-0.2, 0) is 52.8 Å². The van der Waals surface area contributed by atoms with E-state index in [1.54, 1.807) is 78.2 Å². The smallest absolute Gasteiger partial charge is 0.410 e. The average Bonchev–Trinajstić information content (AvgIpc) is 4.39. The largest absolute Gasteiger partial charge is 0.477 e. The summed E-state index contributed by atoms with van der Waals surface area (Å²) in [6.07, 6.45) is 5.64. The van der Waals surface area contributed by atoms with E-state index < -0.39 is 35.2 Å². The van der Waals surface area contributed by atoms with Gasteiger partial charge in [0.2, 0.25) is 0 Å². The number of thiophene rings is 5. The van der Waals surface area contributed by atoms with Gasteiger partial charge in [-0.05, 0) is 142 Å². The van der Waals surface area contributed by atoms with Crippen LogP contribution in [-0.4, -0.2) is 166 Å². The molecule has 4 N–H and O–H groups in total. The predicted octanol–water partition coefficient (Wildman–Crippen LogP) is 11.2. The molecule has 2 saturated heterocycles. The fourth-order valence-corrected chi connectivity index (χ4v) is 9.78. The number of aldehydes is 2. The molecule has 2 aliphatic heterocycles. The molecular formula is C56H79N3O19S5. The molecule has 7 heterocycles. The maximum absolute atomic E-state index is 11.8. The van der Waals surface area contributed by atoms with E-state index in [0.29, 0.717) is 50.0 Å². The van der Waals surface area contributed by atoms with Crippen LogP contribution in [0.4, 0.5) is 9.59 Å². The van der Waals surface area contributed by atoms with Crippen molar-refractivity contribution in [3.63, 3.8) is 0 Å². The van der Waals surface area contributed by atoms with Gasteiger partial charge in [0.25, 0.3) is 0 Å². The van der Waals surface area contributed by atoms with Crippen LogP contribution in [0.25, 0.3) is 0 Å². The first-order chi connectivity index (χ1) is 39.1. The van der Waals surface area contributed by atoms with Crippen LogP contribution in [0.2, 0.25) is 0 Å². The number of hydrogen-bond acceptors (Lipinski definition) is 23. The quantitative estimate of drug-likeness (QED) is 0.0484. The molecule has 0 saturated carbocycles. The Morgan fingerprint density at radius 3 is 1.10 bits per heavy atom. The molecule has 7 rings (SSSR count). The number of hydrogen-bond donors (Lipinski definition) is 4. The average molecular weight is 1260 g/mol. The molecule has 83 heavy (non-hydrogen) atoms. The summed E-state index contributed by atoms with van der Waals surface area (Å²) in [7, 11) is 9.19. The fourth-order valence-electron chi connectivity index (χ4n) is 5.56. The minimum atomic E-state index is -0.988. The van der Waals surface area contributed by atoms with Gasteiger partial charge in [-0.25, -0.2) is 33.6 Å². The minimum Gasteiger partial charge on any atom is -0.477 e. The van der Waals surface area contributed by atoms with E-state index >= 15 is 0 Å². The van der Waals surface area contributed by atoms with Crippen LogP contribution in [0.5, 0.6) is 0 Å². The zero-order valence-corrected chi connectivity index (χ0v) is 53.3. The molecule has 2 amide bonds. The van der Waals surface area contributed by atoms with Crippen LogP contribution < -0.4 is 5.32 Å². The zero-order valence-electron chi connectivity index (χ0n) is 49.2. The molecule has 0 bridgehead atoms. The van der Waals surface area contributed by atoms with Crippen LogP contribution in [0, 0.1) is 0 Å². The monoisotopic (exact) mass is 1260 g/mol. The van der Waals surface area contributed by atoms with Crippen LogP contribution >= 0.6 is 56.7 Å². The molecule has 2 fully saturated rings. The van der Waals surface area contributed by atoms with Crippen molar-refractivity contribution in [2.24, 2.45) is 0 Å². The lowest BCUT2D eigenvalue weighted by Gasteiger charge is -2.24. The Morgan fingerprint density at radius 2 is 0.819 bits per heavy atom. The van der Waals surface area contributed by atoms with Crippen molar-refractivity contribution in [2.45, 2.75) is 105 Å². The Hall–Kier alpha value is -6.43. The van der Waals surface area contributed by atoms with Crippen molar-refractivity contribution in [3.05, 3.63) is 109 Å². The number of amides is 2. The highest BCUT2D eigenvalue weighted by Crippen LogP contribution is 2.22. The SMILES string of the molecule is C1CCOC1.C1CCOC1.CCO.CN(Cc1ccc(C(=O)O)s1)C(=O)OC(C)(C)C.CNCc1ccc(C(=O)OC)s1.COC(=O)c1ccc(C=O)s1.COC(=O)c1ccc(CN(C)C(=O)OC(C)(C)C)s1.O=Cc1ccc(C(=O)O)s1. The van der Waals surface area contributed by atoms with Crippen LogP contribution in [0.3, 0.4) is 0 Å². The van der Waals surface area contributed by atoms with Crippen molar-refractivity contribution >= 4 is 111 Å². The first-order valence-corrected chi connectivity index (χ1v) is 29.6. The fraction of sp³-hybridized carbons (Fsp3) is 0.482. The molecular weight excluding hydrogens is 1180 g/mol. The number of nitrogens with one attached hydrogen (secondary N) is 1. The van der Waals surface area contributed by atoms with E-state index in [1.165, 1.54) is 97.7 Å². The molecule has 0 aromatic carbocycles. The third kappa shape index (κ3) is 35.3. The normalized spacial score (nSPS) is 11.8. The van der Waals surface area contributed by atoms with Gasteiger partial charge in [0.05, 0.1) is 44.2 Å². The van der Waals surface area contributed by atoms with Gasteiger partial charge < -0.3 is 63.6 Å². The van der Waals surface area contributed by atoms with Crippen molar-refractivity contribution < 1.29 is 91.6 Å². The first kappa shape index (κ1) is 76.6. The van der Waals surface area contributed by atoms with Crippen molar-refractivity contribution in [1.82, 2.24) is 15.1 Å². The summed E-state index contributed by atoms with van der Waals surface area (Å²) < 4.78 is 34.0. The number of carboxylic acid groups (broad SMARTS) is 2. The maximum atomic E-state index is 11.8. The lowest BCUT2D eigenvalue weighted by Crippen LogP contribution is -2.33. The molecule has 5 aromatic rings. The third-order valence-electron chi connectivity index (χ3n) is 9.25. The van der Waals surface area contributed by atoms with E-state index in [4.69, 9.17) is 34.3 Å². The highest BCUT2D eigenvalue weighted by Gasteiger charge is 2.22. The molecule has 0 radical (unpaired) electrons. The number of ether oxygens (including phenoxy) is 7. The second-order valence-corrected chi connectivity index (χ2v) is 24.4. The molecule has 0 spiro atoms. The number of carboxylic acids is 2. The highest BCUT2D eigenvalue weighted by atomic mass is 32.1. The van der Waals surface area contributed by atoms with Crippen molar-refractivity contribution in [1.29, 1.82) is 0 Å². The van der Waals surface area contributed by atoms with Crippen molar-refractivity contribution in [2.75, 3.05) is 75.5 Å². The molecule has 5 aromatic heterocycles. The van der Waals surface area contributed by atoms with Crippen molar-refractivity contribution in [3.8, 4) is 0 Å². The Bertz CT molecular complexity index is 2680. The Morgan fingerprint density at radius 1 is 0.530 bits per heavy atom. The van der Waals surface area contributed by atoms with Crippen LogP contribution in [0.15, 0.2) is 60.7 Å². The molecule has 27 heteroatoms. The second-order valence-electron chi connectivity index (χ2n) is 18.7. The van der Waals surface area contributed by atoms with Gasteiger partial charge >= 0.3 is 42.0 Å². The first-order valence-electron chi connectivity index (χ1n) is 25.5. The van der Waals surface area contributed by atoms with E-state index in [1.807, 2.05) is 33.9 Å². The van der Waals surface area contributed by atoms with E-state index in [2.05, 4.69) is 19.5 Å². The van der Waals surface area contributed by atoms with E-state index in [9.17, 15) is 43.2 Å². The molecule has 462 valence electrons. The number of aliphatic hydroxyl groups is 1. The number of esters is 3. The Balaban J connectivity index is 0.000000972. The third-order valence-corrected chi connectivity index (χ3v) is 14.4. The van der Waals surface area contributed by atoms with Gasteiger partial charge in [0.1, 0.15) is 35.6 Å². The highest BCUT2D eigenvalue weighted by molar-refractivity contribution is 7.16. The van der Waals surface area contributed by atoms with Gasteiger partial charge in [-0.1, -0.05) is 0 Å². The lowest BCUT2D eigenvalue weighted by molar-refractivity contribution is 0.0277. The summed E-state index contributed by atoms with van der Waals surface area (Å²) in [5.74, 6) is -2.97. The topological polar surface area (TPSA) is 297 Å². The number of nitrogens with zero attached hydrogens (tertiary/aromatic N) is 2. The maximum Gasteiger partial charge on any atom is 0.410 e. The molecule has 2 aliphatic rings. The van der Waals surface area contributed by atoms with E-state index in [0.717, 1.165) is 81.6 Å². The van der Waals surface area contributed by atoms with Crippen LogP contribution in [0.1, 0.15) is 156 Å². The molecule has 0 unspecified atom stereocenters. The standard InChI is InChI=1S/C13H19NO4S.C12H17NO4S.C8H11NO2S.C7H6O3S.C6H4O3S.2C4H8O.C2H6O/c1-13(2,3)18-12(16)14(4)8-9-6-7-10(19-9)11(15)17-5;1-12(2,3)17-11(16)13(4)7-8-5-6-9(18-8)10(14)15;1-9-5-6-3-4-7(12-6)8(10)11-2;1-10-7(9)6-3-2-5(4-8)11-6;7-3-4-1-2-5(10-4)6(8)9;2*1-2-4-5-3-1;1-2-3/h6-7H,8H2,1-5H3;5-6H,7H2,1-4H3,(H,14,15);3-4,9H,5H2,1-2H3;2-4H,1H3;1-3H,(H,8,9);2*1-4H2;3H,2H2,1H3. The molecule has 0 atom stereocenters. The Kier molecular flexibility index (Phi) is 39.1. The summed E-state index contributed by atoms with van der Waals surface area (Å²) in [5, 5.41) is 27.8. The number of carbonyl (C=O) groups excluding carboxylic acids is 7. The summed E-state index contributed by atoms with van der Waals surface area (Å²) in [6.45, 7) is 18.3. The van der Waals surface area contributed by atoms with Gasteiger partial charge in [-0.3, -0.25) is 9.59 Å². The number of methoxy groups -OCH3 is 3. The second kappa shape index (κ2) is 42.4. The summed E-state index contributed by atoms with van der Waals surface area (Å²) in [5.41, 5.74) is -1.05. The van der Waals surface area contributed by atoms with Gasteiger partial charge in [0, 0.05) is 68.3 Å². The number of aromatic carboxylic acids is 2. The molecule has 0 aliphatic carbocycles. The minimum absolute atomic E-state index is 0.196. The molecule has 22 nitrogen and oxygen atoms in total. The van der Waals surface area contributed by atoms with E-state index in [-0.39, 0.29) is 34.4 Å². The summed E-state index contributed by atoms with van der Waals surface area (Å²) in [6, 6.07) is 16.5. The number of rotatable bonds is 13.